The topological polar surface area (TPSA) is 105 Å². The Bertz CT molecular complexity index is 1210. The van der Waals surface area contributed by atoms with Gasteiger partial charge in [0.25, 0.3) is 0 Å². The Kier molecular flexibility index (Phi) is 16.2. The van der Waals surface area contributed by atoms with E-state index in [1.165, 1.54) is 10.0 Å². The number of rotatable bonds is 4. The van der Waals surface area contributed by atoms with Crippen molar-refractivity contribution in [3.8, 4) is 0 Å². The van der Waals surface area contributed by atoms with Gasteiger partial charge in [0.15, 0.2) is 20.3 Å². The van der Waals surface area contributed by atoms with Gasteiger partial charge in [-0.3, -0.25) is 20.0 Å². The van der Waals surface area contributed by atoms with E-state index in [4.69, 9.17) is 80.9 Å². The fraction of sp³-hybridized carbons (Fsp3) is 0.200. The van der Waals surface area contributed by atoms with Crippen LogP contribution in [0.4, 0.5) is 11.6 Å². The molecular weight excluding hydrogens is 765 g/mol. The molecule has 2 aromatic rings. The summed E-state index contributed by atoms with van der Waals surface area (Å²) in [6.45, 7) is 1.55. The van der Waals surface area contributed by atoms with Crippen molar-refractivity contribution in [3.63, 3.8) is 0 Å². The van der Waals surface area contributed by atoms with E-state index < -0.39 is 18.5 Å². The molecule has 41 heavy (non-hydrogen) atoms. The summed E-state index contributed by atoms with van der Waals surface area (Å²) in [4.78, 5) is 16.4. The molecule has 2 aromatic heterocycles. The number of thiocarbonyl (C=S) groups is 4. The molecule has 216 valence electrons. The van der Waals surface area contributed by atoms with Crippen LogP contribution in [0.5, 0.6) is 0 Å². The van der Waals surface area contributed by atoms with Crippen molar-refractivity contribution >= 4 is 128 Å². The first-order chi connectivity index (χ1) is 19.6. The van der Waals surface area contributed by atoms with Crippen molar-refractivity contribution in [2.75, 3.05) is 23.1 Å². The van der Waals surface area contributed by atoms with Crippen molar-refractivity contribution in [2.45, 2.75) is 12.8 Å². The van der Waals surface area contributed by atoms with Crippen LogP contribution in [0.1, 0.15) is 12.8 Å². The summed E-state index contributed by atoms with van der Waals surface area (Å²) >= 11 is 37.2. The van der Waals surface area contributed by atoms with Crippen LogP contribution in [0.3, 0.4) is 0 Å². The van der Waals surface area contributed by atoms with Gasteiger partial charge in [-0.25, -0.2) is 20.0 Å². The Balaban J connectivity index is 0.000000262. The number of thiol groups is 2. The summed E-state index contributed by atoms with van der Waals surface area (Å²) < 4.78 is 18.0. The van der Waals surface area contributed by atoms with Gasteiger partial charge in [0, 0.05) is 50.3 Å². The number of hydrazine groups is 4. The van der Waals surface area contributed by atoms with Gasteiger partial charge in [-0.1, -0.05) is 12.2 Å². The standard InChI is InChI=1S/2C10H11N5S4.Mo.2O/c2*16-9(17)14(8-7-11-3-4-12-8)15(10(18)19)13-5-1-2-6-13;;;/h2*1,3-5,7H,2,6H2,(H,16,17)(H,18,19);;;/q;;+2;;/p-2. The minimum absolute atomic E-state index is 0.192. The van der Waals surface area contributed by atoms with Crippen LogP contribution in [-0.2, 0) is 50.5 Å². The zero-order valence-corrected chi connectivity index (χ0v) is 29.3. The molecule has 0 aromatic carbocycles. The Labute approximate surface area is 288 Å². The van der Waals surface area contributed by atoms with Crippen LogP contribution in [0, 0.1) is 0 Å². The van der Waals surface area contributed by atoms with E-state index in [2.05, 4.69) is 45.2 Å². The van der Waals surface area contributed by atoms with Gasteiger partial charge in [-0.2, -0.15) is 10.2 Å². The van der Waals surface area contributed by atoms with Gasteiger partial charge in [-0.05, 0) is 45.9 Å². The predicted molar refractivity (Wildman–Crippen MR) is 178 cm³/mol. The average Bonchev–Trinajstić information content (AvgIpc) is 3.66. The summed E-state index contributed by atoms with van der Waals surface area (Å²) in [6, 6.07) is 0. The molecule has 2 aliphatic heterocycles. The second kappa shape index (κ2) is 18.7. The van der Waals surface area contributed by atoms with Gasteiger partial charge in [0.05, 0.1) is 12.4 Å². The van der Waals surface area contributed by atoms with E-state index >= 15 is 0 Å². The van der Waals surface area contributed by atoms with Gasteiger partial charge >= 0.3 is 25.3 Å². The molecule has 0 spiro atoms. The zero-order valence-electron chi connectivity index (χ0n) is 20.6. The van der Waals surface area contributed by atoms with Crippen molar-refractivity contribution in [3.05, 3.63) is 61.7 Å². The monoisotopic (exact) mass is 786 g/mol. The maximum atomic E-state index is 8.50. The van der Waals surface area contributed by atoms with Crippen molar-refractivity contribution in [1.29, 1.82) is 0 Å². The molecule has 0 unspecified atom stereocenters. The quantitative estimate of drug-likeness (QED) is 0.156. The summed E-state index contributed by atoms with van der Waals surface area (Å²) in [6.07, 6.45) is 19.1. The summed E-state index contributed by atoms with van der Waals surface area (Å²) in [5.41, 5.74) is 0. The number of aromatic nitrogens is 4. The Morgan fingerprint density at radius 1 is 0.756 bits per heavy atom. The first-order valence-electron chi connectivity index (χ1n) is 11.0. The Hall–Kier alpha value is -1.77. The van der Waals surface area contributed by atoms with Crippen LogP contribution in [0.15, 0.2) is 61.7 Å². The summed E-state index contributed by atoms with van der Waals surface area (Å²) in [5, 5.41) is 10.0. The molecule has 12 nitrogen and oxygen atoms in total. The molecule has 0 radical (unpaired) electrons. The molecule has 4 heterocycles. The molecule has 0 saturated carbocycles. The summed E-state index contributed by atoms with van der Waals surface area (Å²) in [7, 11) is 0. The first kappa shape index (κ1) is 35.4. The number of hydrogen-bond acceptors (Lipinski definition) is 14. The average molecular weight is 785 g/mol. The first-order valence-corrected chi connectivity index (χ1v) is 16.0. The molecule has 0 N–H and O–H groups in total. The molecular formula is C20H20MoN10O2S8. The predicted octanol–water partition coefficient (Wildman–Crippen LogP) is 3.12. The van der Waals surface area contributed by atoms with Crippen LogP contribution in [0.2, 0.25) is 0 Å². The molecule has 0 amide bonds. The number of nitrogens with zero attached hydrogens (tertiary/aromatic N) is 10. The van der Waals surface area contributed by atoms with Crippen molar-refractivity contribution in [1.82, 2.24) is 40.2 Å². The molecule has 0 bridgehead atoms. The van der Waals surface area contributed by atoms with Crippen LogP contribution in [0.25, 0.3) is 0 Å². The SMILES string of the molecule is S=C([S-])N(c1cnccn1)N(C(=S)S)N1C=CCC1.S=C([S-])N(c1cnccn1)N(C(=S)S)N1C=CCC1.[O]=[Mo+2]=[O]. The van der Waals surface area contributed by atoms with Crippen LogP contribution >= 0.6 is 74.1 Å². The summed E-state index contributed by atoms with van der Waals surface area (Å²) in [5.74, 6) is 0.999. The molecule has 21 heteroatoms. The van der Waals surface area contributed by atoms with Gasteiger partial charge in [0.2, 0.25) is 0 Å². The number of hydrogen-bond donors (Lipinski definition) is 2. The van der Waals surface area contributed by atoms with Crippen LogP contribution < -0.4 is 10.0 Å². The minimum atomic E-state index is -2.03. The van der Waals surface area contributed by atoms with Crippen LogP contribution in [-0.4, -0.2) is 70.6 Å². The molecule has 2 aliphatic rings. The fourth-order valence-electron chi connectivity index (χ4n) is 3.23. The Morgan fingerprint density at radius 3 is 1.34 bits per heavy atom. The van der Waals surface area contributed by atoms with E-state index in [9.17, 15) is 0 Å². The van der Waals surface area contributed by atoms with E-state index in [1.54, 1.807) is 47.4 Å². The zero-order chi connectivity index (χ0) is 30.4. The van der Waals surface area contributed by atoms with Gasteiger partial charge in [0.1, 0.15) is 0 Å². The molecule has 4 rings (SSSR count). The third-order valence-electron chi connectivity index (χ3n) is 4.69. The normalized spacial score (nSPS) is 12.6. The second-order valence-electron chi connectivity index (χ2n) is 7.17. The third-order valence-corrected chi connectivity index (χ3v) is 6.07. The third kappa shape index (κ3) is 10.8. The number of anilines is 2. The molecule has 0 saturated heterocycles. The van der Waals surface area contributed by atoms with E-state index in [1.807, 2.05) is 34.6 Å². The molecule has 0 fully saturated rings. The van der Waals surface area contributed by atoms with E-state index in [0.29, 0.717) is 20.3 Å². The maximum absolute atomic E-state index is 8.50. The van der Waals surface area contributed by atoms with Gasteiger partial charge in [-0.15, -0.1) is 25.3 Å². The van der Waals surface area contributed by atoms with Crippen molar-refractivity contribution < 1.29 is 25.3 Å². The molecule has 0 aliphatic carbocycles. The van der Waals surface area contributed by atoms with Gasteiger partial charge < -0.3 is 49.7 Å². The fourth-order valence-corrected chi connectivity index (χ4v) is 4.69. The van der Waals surface area contributed by atoms with E-state index in [-0.39, 0.29) is 8.64 Å². The Morgan fingerprint density at radius 2 is 1.12 bits per heavy atom. The van der Waals surface area contributed by atoms with Crippen molar-refractivity contribution in [2.24, 2.45) is 0 Å². The molecule has 0 atom stereocenters. The van der Waals surface area contributed by atoms with E-state index in [0.717, 1.165) is 25.9 Å². The second-order valence-corrected chi connectivity index (χ2v) is 11.8.